The van der Waals surface area contributed by atoms with Gasteiger partial charge < -0.3 is 49.7 Å². The number of carbonyl (C=O) groups is 9. The fourth-order valence-electron chi connectivity index (χ4n) is 2.75. The molecular weight excluding hydrogens is 793 g/mol. The van der Waals surface area contributed by atoms with E-state index in [1.54, 1.807) is 32.7 Å². The van der Waals surface area contributed by atoms with Crippen LogP contribution in [0.25, 0.3) is 0 Å². The number of hydrogen-bond donors (Lipinski definition) is 4. The van der Waals surface area contributed by atoms with Crippen LogP contribution in [-0.4, -0.2) is 160 Å². The molecule has 0 saturated heterocycles. The first kappa shape index (κ1) is 73.0. The van der Waals surface area contributed by atoms with Gasteiger partial charge in [0.2, 0.25) is 17.7 Å². The Bertz CT molecular complexity index is 1030. The minimum atomic E-state index is -0.394. The monoisotopic (exact) mass is 875 g/mol. The number of ether oxygens (including phenoxy) is 5. The zero-order valence-electron chi connectivity index (χ0n) is 39.4. The number of nitrogens with one attached hydrogen (secondary N) is 4. The molecule has 0 aromatic heterocycles. The van der Waals surface area contributed by atoms with Crippen LogP contribution in [0, 0.1) is 0 Å². The molecule has 0 fully saturated rings. The maximum atomic E-state index is 11.2. The maximum absolute atomic E-state index is 11.2. The van der Waals surface area contributed by atoms with Gasteiger partial charge in [-0.25, -0.2) is 0 Å². The van der Waals surface area contributed by atoms with Crippen molar-refractivity contribution < 1.29 is 66.8 Å². The molecule has 0 aliphatic heterocycles. The van der Waals surface area contributed by atoms with Crippen molar-refractivity contribution in [2.45, 2.75) is 107 Å². The lowest BCUT2D eigenvalue weighted by atomic mass is 10.1. The summed E-state index contributed by atoms with van der Waals surface area (Å²) in [4.78, 5) is 93.3. The second-order valence-electron chi connectivity index (χ2n) is 11.9. The van der Waals surface area contributed by atoms with Gasteiger partial charge in [-0.3, -0.25) is 38.4 Å². The highest BCUT2D eigenvalue weighted by atomic mass is 32.2. The predicted octanol–water partition coefficient (Wildman–Crippen LogP) is 2.94. The molecule has 0 aromatic rings. The summed E-state index contributed by atoms with van der Waals surface area (Å²) in [5, 5.41) is 10.4. The van der Waals surface area contributed by atoms with Crippen LogP contribution in [0.4, 0.5) is 0 Å². The summed E-state index contributed by atoms with van der Waals surface area (Å²) >= 11 is 1.75. The minimum absolute atomic E-state index is 0.00736. The van der Waals surface area contributed by atoms with Gasteiger partial charge in [0.25, 0.3) is 0 Å². The van der Waals surface area contributed by atoms with E-state index in [-0.39, 0.29) is 72.4 Å². The predicted molar refractivity (Wildman–Crippen MR) is 235 cm³/mol. The number of esters is 1. The number of unbranched alkanes of at least 4 members (excludes halogenated alkanes) is 1. The van der Waals surface area contributed by atoms with Crippen molar-refractivity contribution in [3.8, 4) is 0 Å². The Morgan fingerprint density at radius 1 is 0.593 bits per heavy atom. The molecule has 0 rings (SSSR count). The normalized spacial score (nSPS) is 9.24. The number of amides is 3. The molecule has 0 aromatic carbocycles. The quantitative estimate of drug-likeness (QED) is 0.0956. The molecule has 4 N–H and O–H groups in total. The van der Waals surface area contributed by atoms with Gasteiger partial charge in [-0.15, -0.1) is 0 Å². The van der Waals surface area contributed by atoms with Crippen molar-refractivity contribution in [2.75, 3.05) is 101 Å². The van der Waals surface area contributed by atoms with Gasteiger partial charge in [-0.1, -0.05) is 0 Å². The molecule has 18 nitrogen and oxygen atoms in total. The number of rotatable bonds is 21. The van der Waals surface area contributed by atoms with Crippen molar-refractivity contribution in [3.05, 3.63) is 0 Å². The Morgan fingerprint density at radius 2 is 1.07 bits per heavy atom. The van der Waals surface area contributed by atoms with Crippen LogP contribution in [0.1, 0.15) is 101 Å². The second kappa shape index (κ2) is 63.5. The summed E-state index contributed by atoms with van der Waals surface area (Å²) in [6.07, 6.45) is 8.36. The van der Waals surface area contributed by atoms with Crippen LogP contribution < -0.4 is 21.3 Å². The Labute approximate surface area is 359 Å². The van der Waals surface area contributed by atoms with Gasteiger partial charge in [-0.05, 0) is 93.8 Å². The van der Waals surface area contributed by atoms with Gasteiger partial charge in [0, 0.05) is 74.6 Å². The Balaban J connectivity index is -0.0000000890. The van der Waals surface area contributed by atoms with Crippen molar-refractivity contribution in [1.29, 1.82) is 0 Å². The summed E-state index contributed by atoms with van der Waals surface area (Å²) in [7, 11) is 9.75. The second-order valence-corrected chi connectivity index (χ2v) is 12.7. The lowest BCUT2D eigenvalue weighted by Gasteiger charge is -2.14. The molecule has 0 aliphatic rings. The lowest BCUT2D eigenvalue weighted by Crippen LogP contribution is -2.38. The average molecular weight is 875 g/mol. The molecule has 19 heteroatoms. The maximum Gasteiger partial charge on any atom is 0.302 e. The van der Waals surface area contributed by atoms with E-state index in [0.717, 1.165) is 19.3 Å². The Morgan fingerprint density at radius 3 is 1.36 bits per heavy atom. The molecule has 59 heavy (non-hydrogen) atoms. The smallest absolute Gasteiger partial charge is 0.302 e. The highest BCUT2D eigenvalue weighted by Crippen LogP contribution is 2.02. The number of hydrogen-bond acceptors (Lipinski definition) is 16. The molecule has 0 bridgehead atoms. The largest absolute Gasteiger partial charge is 0.469 e. The zero-order valence-corrected chi connectivity index (χ0v) is 40.2. The van der Waals surface area contributed by atoms with E-state index in [9.17, 15) is 43.2 Å². The summed E-state index contributed by atoms with van der Waals surface area (Å²) in [5.41, 5.74) is 0. The third-order valence-electron chi connectivity index (χ3n) is 5.29. The van der Waals surface area contributed by atoms with E-state index in [1.807, 2.05) is 33.5 Å². The topological polar surface area (TPSA) is 248 Å². The van der Waals surface area contributed by atoms with E-state index in [0.29, 0.717) is 45.6 Å². The average Bonchev–Trinajstić information content (AvgIpc) is 3.12. The Hall–Kier alpha value is -3.62. The van der Waals surface area contributed by atoms with E-state index in [4.69, 9.17) is 9.47 Å². The van der Waals surface area contributed by atoms with E-state index in [2.05, 4.69) is 35.5 Å². The summed E-state index contributed by atoms with van der Waals surface area (Å²) in [6.45, 7) is 16.4. The van der Waals surface area contributed by atoms with Crippen LogP contribution in [0.2, 0.25) is 0 Å². The number of methoxy groups -OCH3 is 3. The highest BCUT2D eigenvalue weighted by Gasteiger charge is 2.14. The number of ketones is 5. The van der Waals surface area contributed by atoms with Crippen molar-refractivity contribution in [3.63, 3.8) is 0 Å². The number of likely N-dealkylation sites (N-methyl/N-ethyl adjacent to an activating group) is 1. The lowest BCUT2D eigenvalue weighted by molar-refractivity contribution is -0.138. The zero-order chi connectivity index (χ0) is 48.0. The van der Waals surface area contributed by atoms with Gasteiger partial charge in [0.05, 0.1) is 19.8 Å². The Kier molecular flexibility index (Phi) is 78.6. The SMILES string of the molecule is CC(=O)NCCCCC(NC(C)=O)C(C)=O.CCOCCC(C)=O.CNC.CNC(=O)COCC(C)=O.COC(C)=O.COCC(C)=O.COCCCC(C)=O.CSC. The third kappa shape index (κ3) is 119. The van der Waals surface area contributed by atoms with E-state index >= 15 is 0 Å². The van der Waals surface area contributed by atoms with E-state index in [1.165, 1.54) is 62.8 Å². The van der Waals surface area contributed by atoms with Crippen LogP contribution >= 0.6 is 11.8 Å². The third-order valence-corrected chi connectivity index (χ3v) is 5.29. The summed E-state index contributed by atoms with van der Waals surface area (Å²) in [5.74, 6) is -0.324. The first-order valence-electron chi connectivity index (χ1n) is 18.9. The van der Waals surface area contributed by atoms with Crippen molar-refractivity contribution >= 4 is 64.4 Å². The molecular formula is C40H82N4O14S. The summed E-state index contributed by atoms with van der Waals surface area (Å²) < 4.78 is 22.9. The molecule has 1 atom stereocenters. The fourth-order valence-corrected chi connectivity index (χ4v) is 2.75. The molecule has 0 radical (unpaired) electrons. The fraction of sp³-hybridized carbons (Fsp3) is 0.775. The van der Waals surface area contributed by atoms with Gasteiger partial charge in [-0.2, -0.15) is 11.8 Å². The highest BCUT2D eigenvalue weighted by molar-refractivity contribution is 7.97. The van der Waals surface area contributed by atoms with Crippen molar-refractivity contribution in [2.24, 2.45) is 0 Å². The molecule has 3 amide bonds. The first-order chi connectivity index (χ1) is 27.5. The number of thioether (sulfide) groups is 1. The standard InChI is InChI=1S/C11H20N2O3.C6H11NO3.2C6H12O2.C4H8O2.C3H6O2.C2H7N.C2H6S/c1-8(14)11(13-10(3)16)6-4-5-7-12-9(2)15;1-5(8)3-10-4-6(9)7-2;1-6(7)4-3-5-8-2;1-3-8-5-4-6(2)7;1-4(5)3-6-2;1-3(4)5-2;2*1-3-2/h11H,4-7H2,1-3H3,(H,12,15)(H,13,16);3-4H2,1-2H3,(H,7,9);2*3-5H2,1-2H3;3H2,1-2H3;1-2H3;3H,1-2H3;1-2H3. The first-order valence-corrected chi connectivity index (χ1v) is 20.5. The van der Waals surface area contributed by atoms with Gasteiger partial charge in [0.15, 0.2) is 17.3 Å². The van der Waals surface area contributed by atoms with E-state index < -0.39 is 6.04 Å². The minimum Gasteiger partial charge on any atom is -0.469 e. The van der Waals surface area contributed by atoms with Crippen LogP contribution in [0.15, 0.2) is 0 Å². The molecule has 1 unspecified atom stereocenters. The molecule has 352 valence electrons. The summed E-state index contributed by atoms with van der Waals surface area (Å²) in [6, 6.07) is -0.394. The van der Waals surface area contributed by atoms with Gasteiger partial charge >= 0.3 is 5.97 Å². The van der Waals surface area contributed by atoms with Crippen LogP contribution in [0.3, 0.4) is 0 Å². The molecule has 0 aliphatic carbocycles. The molecule has 0 heterocycles. The van der Waals surface area contributed by atoms with Gasteiger partial charge in [0.1, 0.15) is 31.4 Å². The number of Topliss-reactive ketones (excluding diaryl/α,β-unsaturated/α-hetero) is 5. The van der Waals surface area contributed by atoms with Crippen molar-refractivity contribution in [1.82, 2.24) is 21.3 Å². The van der Waals surface area contributed by atoms with Crippen LogP contribution in [-0.2, 0) is 66.8 Å². The molecule has 0 saturated carbocycles. The molecule has 0 spiro atoms. The number of carbonyl (C=O) groups excluding carboxylic acids is 9. The van der Waals surface area contributed by atoms with Crippen LogP contribution in [0.5, 0.6) is 0 Å².